The third-order valence-electron chi connectivity index (χ3n) is 8.41. The molecule has 7 nitrogen and oxygen atoms in total. The predicted octanol–water partition coefficient (Wildman–Crippen LogP) is 4.69. The highest BCUT2D eigenvalue weighted by molar-refractivity contribution is 6.01. The maximum Gasteiger partial charge on any atom is 0.322 e. The molecule has 1 amide bonds. The number of piperazine rings is 1. The Hall–Kier alpha value is -4.23. The molecular formula is C33H34N4O3. The number of aromatic nitrogens is 1. The van der Waals surface area contributed by atoms with Crippen molar-refractivity contribution in [3.05, 3.63) is 96.1 Å². The van der Waals surface area contributed by atoms with E-state index in [-0.39, 0.29) is 12.5 Å². The largest absolute Gasteiger partial charge is 0.480 e. The Kier molecular flexibility index (Phi) is 7.22. The molecule has 0 spiro atoms. The van der Waals surface area contributed by atoms with Gasteiger partial charge >= 0.3 is 5.97 Å². The number of rotatable bonds is 9. The van der Waals surface area contributed by atoms with Crippen LogP contribution in [0.15, 0.2) is 84.9 Å². The van der Waals surface area contributed by atoms with Crippen molar-refractivity contribution in [3.8, 4) is 11.1 Å². The number of unbranched alkanes of at least 4 members (excludes halogenated alkanes) is 1. The topological polar surface area (TPSA) is 85.8 Å². The van der Waals surface area contributed by atoms with Crippen LogP contribution >= 0.6 is 0 Å². The average molecular weight is 535 g/mol. The summed E-state index contributed by atoms with van der Waals surface area (Å²) >= 11 is 0. The Labute approximate surface area is 234 Å². The van der Waals surface area contributed by atoms with Crippen molar-refractivity contribution in [2.45, 2.75) is 24.7 Å². The summed E-state index contributed by atoms with van der Waals surface area (Å²) in [5.74, 6) is -0.240. The summed E-state index contributed by atoms with van der Waals surface area (Å²) in [7, 11) is 0. The molecule has 2 heterocycles. The van der Waals surface area contributed by atoms with Gasteiger partial charge in [-0.1, -0.05) is 73.2 Å². The minimum Gasteiger partial charge on any atom is -0.480 e. The Morgan fingerprint density at radius 2 is 1.45 bits per heavy atom. The fourth-order valence-corrected chi connectivity index (χ4v) is 6.42. The zero-order valence-electron chi connectivity index (χ0n) is 22.6. The van der Waals surface area contributed by atoms with E-state index in [1.165, 1.54) is 0 Å². The summed E-state index contributed by atoms with van der Waals surface area (Å²) in [5.41, 5.74) is 4.19. The van der Waals surface area contributed by atoms with Gasteiger partial charge < -0.3 is 15.3 Å². The van der Waals surface area contributed by atoms with E-state index >= 15 is 0 Å². The number of carbonyl (C=O) groups excluding carboxylic acids is 1. The molecule has 0 unspecified atom stereocenters. The van der Waals surface area contributed by atoms with E-state index < -0.39 is 11.4 Å². The number of benzene rings is 3. The monoisotopic (exact) mass is 534 g/mol. The number of para-hydroxylation sites is 1. The molecular weight excluding hydrogens is 500 g/mol. The summed E-state index contributed by atoms with van der Waals surface area (Å²) in [6.45, 7) is 4.41. The lowest BCUT2D eigenvalue weighted by Crippen LogP contribution is -2.47. The zero-order valence-corrected chi connectivity index (χ0v) is 22.6. The Balaban J connectivity index is 1.11. The van der Waals surface area contributed by atoms with E-state index in [0.717, 1.165) is 84.5 Å². The smallest absolute Gasteiger partial charge is 0.322 e. The molecule has 2 aliphatic rings. The molecule has 1 saturated heterocycles. The van der Waals surface area contributed by atoms with Crippen LogP contribution in [0.3, 0.4) is 0 Å². The Morgan fingerprint density at radius 3 is 2.15 bits per heavy atom. The van der Waals surface area contributed by atoms with Crippen molar-refractivity contribution in [1.82, 2.24) is 15.2 Å². The van der Waals surface area contributed by atoms with Crippen LogP contribution < -0.4 is 10.2 Å². The van der Waals surface area contributed by atoms with Crippen LogP contribution in [0.25, 0.3) is 22.0 Å². The number of hydrogen-bond donors (Lipinski definition) is 2. The van der Waals surface area contributed by atoms with Crippen molar-refractivity contribution in [2.75, 3.05) is 44.2 Å². The first-order valence-electron chi connectivity index (χ1n) is 14.1. The molecule has 40 heavy (non-hydrogen) atoms. The normalized spacial score (nSPS) is 15.9. The highest BCUT2D eigenvalue weighted by atomic mass is 16.4. The maximum atomic E-state index is 13.7. The lowest BCUT2D eigenvalue weighted by molar-refractivity contribution is -0.138. The van der Waals surface area contributed by atoms with E-state index in [1.54, 1.807) is 0 Å². The lowest BCUT2D eigenvalue weighted by Gasteiger charge is -2.36. The van der Waals surface area contributed by atoms with Crippen LogP contribution in [0.5, 0.6) is 0 Å². The SMILES string of the molecule is O=C(O)CNC(=O)C1(CCCCN2CCN(c3ccc4ccccc4n3)CC2)c2ccccc2-c2ccccc21. The molecule has 7 heteroatoms. The van der Waals surface area contributed by atoms with E-state index in [1.807, 2.05) is 48.5 Å². The predicted molar refractivity (Wildman–Crippen MR) is 158 cm³/mol. The van der Waals surface area contributed by atoms with E-state index in [0.29, 0.717) is 6.42 Å². The van der Waals surface area contributed by atoms with Crippen LogP contribution in [-0.2, 0) is 15.0 Å². The molecule has 2 N–H and O–H groups in total. The van der Waals surface area contributed by atoms with Crippen LogP contribution in [0, 0.1) is 0 Å². The van der Waals surface area contributed by atoms with Crippen molar-refractivity contribution in [2.24, 2.45) is 0 Å². The van der Waals surface area contributed by atoms with Gasteiger partial charge in [0, 0.05) is 31.6 Å². The number of carboxylic acids is 1. The van der Waals surface area contributed by atoms with Gasteiger partial charge in [0.25, 0.3) is 0 Å². The van der Waals surface area contributed by atoms with Gasteiger partial charge in [-0.25, -0.2) is 4.98 Å². The minimum absolute atomic E-state index is 0.233. The van der Waals surface area contributed by atoms with Gasteiger partial charge in [0.05, 0.1) is 5.52 Å². The Morgan fingerprint density at radius 1 is 0.800 bits per heavy atom. The van der Waals surface area contributed by atoms with Crippen molar-refractivity contribution in [1.29, 1.82) is 0 Å². The maximum absolute atomic E-state index is 13.7. The molecule has 204 valence electrons. The number of hydrogen-bond acceptors (Lipinski definition) is 5. The van der Waals surface area contributed by atoms with E-state index in [2.05, 4.69) is 51.5 Å². The summed E-state index contributed by atoms with van der Waals surface area (Å²) in [5, 5.41) is 13.1. The second-order valence-electron chi connectivity index (χ2n) is 10.7. The lowest BCUT2D eigenvalue weighted by atomic mass is 9.73. The number of carbonyl (C=O) groups is 2. The van der Waals surface area contributed by atoms with Crippen molar-refractivity contribution >= 4 is 28.6 Å². The van der Waals surface area contributed by atoms with E-state index in [4.69, 9.17) is 4.98 Å². The number of carboxylic acid groups (broad SMARTS) is 1. The number of amides is 1. The van der Waals surface area contributed by atoms with Gasteiger partial charge in [-0.05, 0) is 59.8 Å². The average Bonchev–Trinajstić information content (AvgIpc) is 3.29. The third kappa shape index (κ3) is 4.82. The van der Waals surface area contributed by atoms with Gasteiger partial charge in [0.1, 0.15) is 17.8 Å². The van der Waals surface area contributed by atoms with Crippen molar-refractivity contribution < 1.29 is 14.7 Å². The first-order chi connectivity index (χ1) is 19.6. The molecule has 1 fully saturated rings. The zero-order chi connectivity index (χ0) is 27.5. The molecule has 4 aromatic rings. The molecule has 1 aromatic heterocycles. The summed E-state index contributed by atoms with van der Waals surface area (Å²) < 4.78 is 0. The Bertz CT molecular complexity index is 1500. The summed E-state index contributed by atoms with van der Waals surface area (Å²) in [4.78, 5) is 34.8. The van der Waals surface area contributed by atoms with Gasteiger partial charge in [-0.3, -0.25) is 14.5 Å². The second kappa shape index (κ2) is 11.1. The number of nitrogens with zero attached hydrogens (tertiary/aromatic N) is 3. The standard InChI is InChI=1S/C33H34N4O3/c38-31(39)23-34-32(40)33(27-12-4-2-10-25(27)26-11-3-5-13-28(26)33)17-7-8-18-36-19-21-37(22-20-36)30-16-15-24-9-1-6-14-29(24)35-30/h1-6,9-16H,7-8,17-23H2,(H,34,40)(H,38,39). The number of nitrogens with one attached hydrogen (secondary N) is 1. The van der Waals surface area contributed by atoms with Gasteiger partial charge in [0.2, 0.25) is 5.91 Å². The fourth-order valence-electron chi connectivity index (χ4n) is 6.42. The number of pyridine rings is 1. The number of fused-ring (bicyclic) bond motifs is 4. The fraction of sp³-hybridized carbons (Fsp3) is 0.303. The summed E-state index contributed by atoms with van der Waals surface area (Å²) in [6, 6.07) is 28.6. The summed E-state index contributed by atoms with van der Waals surface area (Å²) in [6.07, 6.45) is 2.45. The molecule has 0 bridgehead atoms. The first-order valence-corrected chi connectivity index (χ1v) is 14.1. The van der Waals surface area contributed by atoms with Crippen molar-refractivity contribution in [3.63, 3.8) is 0 Å². The number of aliphatic carboxylic acids is 1. The molecule has 6 rings (SSSR count). The molecule has 0 radical (unpaired) electrons. The third-order valence-corrected chi connectivity index (χ3v) is 8.41. The van der Waals surface area contributed by atoms with Crippen LogP contribution in [0.4, 0.5) is 5.82 Å². The molecule has 0 saturated carbocycles. The van der Waals surface area contributed by atoms with Crippen LogP contribution in [0.2, 0.25) is 0 Å². The molecule has 0 atom stereocenters. The second-order valence-corrected chi connectivity index (χ2v) is 10.7. The van der Waals surface area contributed by atoms with Gasteiger partial charge in [0.15, 0.2) is 0 Å². The van der Waals surface area contributed by atoms with E-state index in [9.17, 15) is 14.7 Å². The minimum atomic E-state index is -1.04. The van der Waals surface area contributed by atoms with Crippen LogP contribution in [-0.4, -0.2) is 66.1 Å². The number of anilines is 1. The highest BCUT2D eigenvalue weighted by Gasteiger charge is 2.48. The molecule has 1 aliphatic carbocycles. The van der Waals surface area contributed by atoms with Crippen LogP contribution in [0.1, 0.15) is 30.4 Å². The molecule has 3 aromatic carbocycles. The highest BCUT2D eigenvalue weighted by Crippen LogP contribution is 2.51. The van der Waals surface area contributed by atoms with Gasteiger partial charge in [-0.2, -0.15) is 0 Å². The van der Waals surface area contributed by atoms with Gasteiger partial charge in [-0.15, -0.1) is 0 Å². The molecule has 1 aliphatic heterocycles. The quantitative estimate of drug-likeness (QED) is 0.303. The first kappa shape index (κ1) is 26.0.